The van der Waals surface area contributed by atoms with Crippen LogP contribution < -0.4 is 9.64 Å². The van der Waals surface area contributed by atoms with Gasteiger partial charge in [0.1, 0.15) is 11.5 Å². The van der Waals surface area contributed by atoms with E-state index in [4.69, 9.17) is 9.15 Å². The molecule has 0 bridgehead atoms. The summed E-state index contributed by atoms with van der Waals surface area (Å²) >= 11 is 1.25. The highest BCUT2D eigenvalue weighted by Gasteiger charge is 2.46. The second kappa shape index (κ2) is 9.00. The van der Waals surface area contributed by atoms with Crippen molar-refractivity contribution in [3.8, 4) is 5.75 Å². The molecule has 1 amide bonds. The van der Waals surface area contributed by atoms with Crippen LogP contribution in [0.15, 0.2) is 63.7 Å². The van der Waals surface area contributed by atoms with Gasteiger partial charge in [-0.3, -0.25) is 14.5 Å². The van der Waals surface area contributed by atoms with Crippen molar-refractivity contribution in [1.29, 1.82) is 0 Å². The molecule has 166 valence electrons. The van der Waals surface area contributed by atoms with Gasteiger partial charge < -0.3 is 14.3 Å². The van der Waals surface area contributed by atoms with Crippen LogP contribution in [0.2, 0.25) is 0 Å². The number of carbonyl (C=O) groups excluding carboxylic acids is 2. The molecule has 3 heterocycles. The summed E-state index contributed by atoms with van der Waals surface area (Å²) < 4.78 is 11.4. The lowest BCUT2D eigenvalue weighted by molar-refractivity contribution is -0.117. The van der Waals surface area contributed by atoms with Gasteiger partial charge in [-0.15, -0.1) is 11.3 Å². The fourth-order valence-electron chi connectivity index (χ4n) is 3.56. The third-order valence-corrected chi connectivity index (χ3v) is 5.95. The van der Waals surface area contributed by atoms with Gasteiger partial charge in [0.15, 0.2) is 16.7 Å². The number of anilines is 1. The zero-order valence-corrected chi connectivity index (χ0v) is 18.9. The number of ketones is 1. The minimum Gasteiger partial charge on any atom is -0.503 e. The van der Waals surface area contributed by atoms with E-state index < -0.39 is 23.5 Å². The summed E-state index contributed by atoms with van der Waals surface area (Å²) in [5.74, 6) is -0.0651. The normalized spacial score (nSPS) is 16.3. The summed E-state index contributed by atoms with van der Waals surface area (Å²) in [5, 5.41) is 12.9. The minimum atomic E-state index is -0.861. The molecule has 1 unspecified atom stereocenters. The summed E-state index contributed by atoms with van der Waals surface area (Å²) in [4.78, 5) is 31.9. The number of thiazole rings is 1. The monoisotopic (exact) mass is 452 g/mol. The van der Waals surface area contributed by atoms with Gasteiger partial charge in [0.25, 0.3) is 5.91 Å². The maximum absolute atomic E-state index is 13.3. The van der Waals surface area contributed by atoms with E-state index in [0.29, 0.717) is 34.7 Å². The predicted molar refractivity (Wildman–Crippen MR) is 121 cm³/mol. The highest BCUT2D eigenvalue weighted by molar-refractivity contribution is 7.13. The predicted octanol–water partition coefficient (Wildman–Crippen LogP) is 5.25. The number of hydrogen-bond acceptors (Lipinski definition) is 7. The van der Waals surface area contributed by atoms with E-state index in [2.05, 4.69) is 18.8 Å². The number of rotatable bonds is 8. The van der Waals surface area contributed by atoms with Crippen LogP contribution in [0.3, 0.4) is 0 Å². The Kier molecular flexibility index (Phi) is 6.14. The molecule has 8 heteroatoms. The summed E-state index contributed by atoms with van der Waals surface area (Å²) in [6.07, 6.45) is 2.47. The van der Waals surface area contributed by atoms with E-state index in [9.17, 15) is 14.7 Å². The molecule has 7 nitrogen and oxygen atoms in total. The first-order chi connectivity index (χ1) is 15.4. The van der Waals surface area contributed by atoms with Crippen molar-refractivity contribution in [3.05, 3.63) is 76.4 Å². The molecular weight excluding hydrogens is 428 g/mol. The van der Waals surface area contributed by atoms with Gasteiger partial charge in [-0.1, -0.05) is 26.0 Å². The molecule has 1 atom stereocenters. The minimum absolute atomic E-state index is 0.0427. The Morgan fingerprint density at radius 3 is 2.78 bits per heavy atom. The lowest BCUT2D eigenvalue weighted by Crippen LogP contribution is -2.31. The number of aryl methyl sites for hydroxylation is 1. The van der Waals surface area contributed by atoms with Crippen molar-refractivity contribution in [1.82, 2.24) is 4.98 Å². The Labute approximate surface area is 190 Å². The molecule has 1 aromatic carbocycles. The zero-order valence-electron chi connectivity index (χ0n) is 18.1. The van der Waals surface area contributed by atoms with Crippen LogP contribution in [0.1, 0.15) is 48.2 Å². The maximum atomic E-state index is 13.3. The van der Waals surface area contributed by atoms with Crippen molar-refractivity contribution in [2.24, 2.45) is 5.92 Å². The molecule has 3 aromatic rings. The molecule has 0 radical (unpaired) electrons. The van der Waals surface area contributed by atoms with E-state index in [-0.39, 0.29) is 11.3 Å². The molecule has 4 rings (SSSR count). The maximum Gasteiger partial charge on any atom is 0.296 e. The van der Waals surface area contributed by atoms with Crippen LogP contribution in [0.5, 0.6) is 5.75 Å². The van der Waals surface area contributed by atoms with Crippen molar-refractivity contribution in [3.63, 3.8) is 0 Å². The van der Waals surface area contributed by atoms with Crippen LogP contribution in [-0.2, 0) is 4.79 Å². The van der Waals surface area contributed by atoms with Gasteiger partial charge in [-0.2, -0.15) is 0 Å². The van der Waals surface area contributed by atoms with Crippen LogP contribution in [0.25, 0.3) is 0 Å². The Bertz CT molecular complexity index is 1160. The van der Waals surface area contributed by atoms with E-state index in [0.717, 1.165) is 6.42 Å². The molecule has 1 aliphatic rings. The molecule has 2 aromatic heterocycles. The van der Waals surface area contributed by atoms with Crippen molar-refractivity contribution >= 4 is 28.2 Å². The third-order valence-electron chi connectivity index (χ3n) is 5.18. The topological polar surface area (TPSA) is 92.9 Å². The van der Waals surface area contributed by atoms with E-state index in [1.165, 1.54) is 22.3 Å². The first kappa shape index (κ1) is 21.8. The second-order valence-electron chi connectivity index (χ2n) is 8.00. The Balaban J connectivity index is 1.76. The summed E-state index contributed by atoms with van der Waals surface area (Å²) in [6, 6.07) is 9.56. The van der Waals surface area contributed by atoms with Gasteiger partial charge >= 0.3 is 0 Å². The highest BCUT2D eigenvalue weighted by Crippen LogP contribution is 2.43. The van der Waals surface area contributed by atoms with E-state index in [1.54, 1.807) is 42.8 Å². The molecule has 0 saturated carbocycles. The molecule has 0 fully saturated rings. The number of furan rings is 1. The fraction of sp³-hybridized carbons (Fsp3) is 0.292. The fourth-order valence-corrected chi connectivity index (χ4v) is 4.23. The molecule has 0 spiro atoms. The second-order valence-corrected chi connectivity index (χ2v) is 8.87. The Morgan fingerprint density at radius 1 is 1.31 bits per heavy atom. The Morgan fingerprint density at radius 2 is 2.12 bits per heavy atom. The molecule has 0 saturated heterocycles. The number of aromatic nitrogens is 1. The number of aliphatic hydroxyl groups excluding tert-OH is 1. The smallest absolute Gasteiger partial charge is 0.296 e. The van der Waals surface area contributed by atoms with Crippen molar-refractivity contribution < 1.29 is 23.8 Å². The van der Waals surface area contributed by atoms with Crippen LogP contribution in [0, 0.1) is 12.8 Å². The van der Waals surface area contributed by atoms with Gasteiger partial charge in [0.05, 0.1) is 18.2 Å². The average molecular weight is 453 g/mol. The van der Waals surface area contributed by atoms with Gasteiger partial charge in [-0.25, -0.2) is 4.98 Å². The lowest BCUT2D eigenvalue weighted by atomic mass is 9.95. The molecule has 1 aliphatic heterocycles. The summed E-state index contributed by atoms with van der Waals surface area (Å²) in [7, 11) is 0. The highest BCUT2D eigenvalue weighted by atomic mass is 32.1. The number of nitrogens with zero attached hydrogens (tertiary/aromatic N) is 2. The van der Waals surface area contributed by atoms with E-state index in [1.807, 2.05) is 6.07 Å². The number of Topliss-reactive ketones (excluding diaryl/α,β-unsaturated/α-hetero) is 1. The Hall–Kier alpha value is -3.39. The first-order valence-corrected chi connectivity index (χ1v) is 11.2. The van der Waals surface area contributed by atoms with Crippen LogP contribution in [0.4, 0.5) is 5.13 Å². The van der Waals surface area contributed by atoms with Crippen molar-refractivity contribution in [2.45, 2.75) is 33.2 Å². The zero-order chi connectivity index (χ0) is 22.8. The van der Waals surface area contributed by atoms with Crippen molar-refractivity contribution in [2.75, 3.05) is 11.5 Å². The third kappa shape index (κ3) is 4.18. The molecule has 0 aliphatic carbocycles. The largest absolute Gasteiger partial charge is 0.503 e. The average Bonchev–Trinajstić information content (AvgIpc) is 3.49. The summed E-state index contributed by atoms with van der Waals surface area (Å²) in [5.41, 5.74) is 0.588. The van der Waals surface area contributed by atoms with Gasteiger partial charge in [-0.05, 0) is 49.1 Å². The van der Waals surface area contributed by atoms with Crippen LogP contribution in [-0.4, -0.2) is 28.4 Å². The molecular formula is C24H24N2O5S. The van der Waals surface area contributed by atoms with Gasteiger partial charge in [0.2, 0.25) is 5.78 Å². The summed E-state index contributed by atoms with van der Waals surface area (Å²) in [6.45, 7) is 6.52. The standard InChI is InChI=1S/C24H24N2O5S/c1-14(2)9-11-30-17-6-4-5-16(13-17)20-19(21(27)18-8-7-15(3)31-18)22(28)23(29)26(20)24-25-10-12-32-24/h4-8,10,12-14,20,28H,9,11H2,1-3H3. The van der Waals surface area contributed by atoms with E-state index >= 15 is 0 Å². The molecule has 1 N–H and O–H groups in total. The van der Waals surface area contributed by atoms with Crippen LogP contribution >= 0.6 is 11.3 Å². The number of hydrogen-bond donors (Lipinski definition) is 1. The van der Waals surface area contributed by atoms with Gasteiger partial charge in [0, 0.05) is 11.6 Å². The molecule has 32 heavy (non-hydrogen) atoms. The number of aliphatic hydroxyl groups is 1. The lowest BCUT2D eigenvalue weighted by Gasteiger charge is -2.24. The number of carbonyl (C=O) groups is 2. The quantitative estimate of drug-likeness (QED) is 0.469. The number of amides is 1. The first-order valence-electron chi connectivity index (χ1n) is 10.4. The number of ether oxygens (including phenoxy) is 1. The number of benzene rings is 1. The SMILES string of the molecule is Cc1ccc(C(=O)C2=C(O)C(=O)N(c3nccs3)C2c2cccc(OCCC(C)C)c2)o1.